The molecule has 2 atom stereocenters. The van der Waals surface area contributed by atoms with Crippen LogP contribution in [-0.4, -0.2) is 38.2 Å². The van der Waals surface area contributed by atoms with Gasteiger partial charge in [0.2, 0.25) is 8.32 Å². The molecule has 1 fully saturated rings. The van der Waals surface area contributed by atoms with E-state index in [1.165, 1.54) is 0 Å². The van der Waals surface area contributed by atoms with Crippen LogP contribution in [0.15, 0.2) is 0 Å². The summed E-state index contributed by atoms with van der Waals surface area (Å²) in [5.74, 6) is -0.316. The minimum Gasteiger partial charge on any atom is -0.460 e. The van der Waals surface area contributed by atoms with Crippen molar-refractivity contribution in [3.8, 4) is 0 Å². The van der Waals surface area contributed by atoms with E-state index in [2.05, 4.69) is 41.5 Å². The fraction of sp³-hybridized carbons (Fsp3) is 0.933. The molecule has 1 aliphatic heterocycles. The normalized spacial score (nSPS) is 24.6. The summed E-state index contributed by atoms with van der Waals surface area (Å²) in [5, 5.41) is 9.66. The third-order valence-electron chi connectivity index (χ3n) is 4.46. The molecule has 4 nitrogen and oxygen atoms in total. The Labute approximate surface area is 124 Å². The zero-order valence-corrected chi connectivity index (χ0v) is 14.7. The molecule has 0 aromatic carbocycles. The van der Waals surface area contributed by atoms with Crippen LogP contribution < -0.4 is 0 Å². The number of rotatable bonds is 6. The predicted octanol–water partition coefficient (Wildman–Crippen LogP) is 3.25. The van der Waals surface area contributed by atoms with E-state index in [0.717, 1.165) is 0 Å². The second-order valence-electron chi connectivity index (χ2n) is 6.83. The van der Waals surface area contributed by atoms with Gasteiger partial charge in [-0.25, -0.2) is 0 Å². The molecule has 118 valence electrons. The van der Waals surface area contributed by atoms with Crippen molar-refractivity contribution in [3.63, 3.8) is 0 Å². The molecular weight excluding hydrogens is 272 g/mol. The third-order valence-corrected chi connectivity index (χ3v) is 10.5. The van der Waals surface area contributed by atoms with Crippen LogP contribution in [0.25, 0.3) is 0 Å². The second kappa shape index (κ2) is 7.05. The minimum atomic E-state index is -1.93. The Bertz CT molecular complexity index is 306. The predicted molar refractivity (Wildman–Crippen MR) is 82.1 cm³/mol. The van der Waals surface area contributed by atoms with Crippen molar-refractivity contribution >= 4 is 14.3 Å². The molecule has 0 radical (unpaired) electrons. The molecule has 0 bridgehead atoms. The number of esters is 1. The van der Waals surface area contributed by atoms with Gasteiger partial charge < -0.3 is 14.3 Å². The maximum atomic E-state index is 11.4. The van der Waals surface area contributed by atoms with Crippen molar-refractivity contribution in [3.05, 3.63) is 0 Å². The number of aliphatic hydroxyl groups is 1. The summed E-state index contributed by atoms with van der Waals surface area (Å²) < 4.78 is 11.7. The monoisotopic (exact) mass is 302 g/mol. The number of cyclic esters (lactones) is 1. The molecule has 5 heteroatoms. The number of hydrogen-bond acceptors (Lipinski definition) is 4. The van der Waals surface area contributed by atoms with E-state index in [1.54, 1.807) is 0 Å². The van der Waals surface area contributed by atoms with Gasteiger partial charge in [0.25, 0.3) is 0 Å². The van der Waals surface area contributed by atoms with Crippen molar-refractivity contribution in [1.29, 1.82) is 0 Å². The van der Waals surface area contributed by atoms with E-state index in [-0.39, 0.29) is 18.5 Å². The highest BCUT2D eigenvalue weighted by molar-refractivity contribution is 6.77. The highest BCUT2D eigenvalue weighted by atomic mass is 28.4. The van der Waals surface area contributed by atoms with Crippen molar-refractivity contribution < 1.29 is 19.1 Å². The molecule has 0 aromatic rings. The first-order chi connectivity index (χ1) is 9.20. The minimum absolute atomic E-state index is 0.109. The zero-order valence-electron chi connectivity index (χ0n) is 13.7. The van der Waals surface area contributed by atoms with Crippen molar-refractivity contribution in [2.45, 2.75) is 83.2 Å². The van der Waals surface area contributed by atoms with Gasteiger partial charge in [-0.15, -0.1) is 0 Å². The van der Waals surface area contributed by atoms with E-state index >= 15 is 0 Å². The summed E-state index contributed by atoms with van der Waals surface area (Å²) in [6, 6.07) is 0. The van der Waals surface area contributed by atoms with Crippen LogP contribution in [0.2, 0.25) is 16.6 Å². The molecule has 1 aliphatic rings. The molecule has 0 saturated carbocycles. The SMILES string of the molecule is CC(C)[Si](OC[C@H]1C[C@H](O)CC(=O)O1)(C(C)C)C(C)C. The molecule has 0 amide bonds. The van der Waals surface area contributed by atoms with E-state index in [9.17, 15) is 9.90 Å². The summed E-state index contributed by atoms with van der Waals surface area (Å²) in [5.41, 5.74) is 1.52. The van der Waals surface area contributed by atoms with Gasteiger partial charge in [0.1, 0.15) is 6.10 Å². The lowest BCUT2D eigenvalue weighted by Gasteiger charge is -2.43. The lowest BCUT2D eigenvalue weighted by molar-refractivity contribution is -0.162. The van der Waals surface area contributed by atoms with Crippen molar-refractivity contribution in [1.82, 2.24) is 0 Å². The molecule has 1 rings (SSSR count). The van der Waals surface area contributed by atoms with E-state index < -0.39 is 14.4 Å². The summed E-state index contributed by atoms with van der Waals surface area (Å²) in [4.78, 5) is 11.4. The van der Waals surface area contributed by atoms with Gasteiger partial charge in [0.05, 0.1) is 19.1 Å². The van der Waals surface area contributed by atoms with Crippen LogP contribution in [-0.2, 0) is 14.0 Å². The zero-order chi connectivity index (χ0) is 15.5. The second-order valence-corrected chi connectivity index (χ2v) is 12.3. The van der Waals surface area contributed by atoms with Gasteiger partial charge in [0.15, 0.2) is 0 Å². The third kappa shape index (κ3) is 3.83. The van der Waals surface area contributed by atoms with Crippen LogP contribution >= 0.6 is 0 Å². The fourth-order valence-corrected chi connectivity index (χ4v) is 9.18. The first kappa shape index (κ1) is 17.7. The highest BCUT2D eigenvalue weighted by Gasteiger charge is 2.45. The number of hydrogen-bond donors (Lipinski definition) is 1. The summed E-state index contributed by atoms with van der Waals surface area (Å²) >= 11 is 0. The van der Waals surface area contributed by atoms with E-state index in [1.807, 2.05) is 0 Å². The number of carbonyl (C=O) groups is 1. The summed E-state index contributed by atoms with van der Waals surface area (Å²) in [6.07, 6.45) is -0.283. The van der Waals surface area contributed by atoms with Crippen LogP contribution in [0.4, 0.5) is 0 Å². The molecule has 1 heterocycles. The standard InChI is InChI=1S/C15H30O4Si/c1-10(2)20(11(3)4,12(5)6)18-9-14-7-13(16)8-15(17)19-14/h10-14,16H,7-9H2,1-6H3/t13-,14+/m0/s1. The Morgan fingerprint density at radius 3 is 2.10 bits per heavy atom. The quantitative estimate of drug-likeness (QED) is 0.604. The van der Waals surface area contributed by atoms with Gasteiger partial charge in [-0.2, -0.15) is 0 Å². The first-order valence-corrected chi connectivity index (χ1v) is 9.85. The Hall–Kier alpha value is -0.393. The lowest BCUT2D eigenvalue weighted by atomic mass is 10.1. The van der Waals surface area contributed by atoms with Crippen LogP contribution in [0, 0.1) is 0 Å². The lowest BCUT2D eigenvalue weighted by Crippen LogP contribution is -2.50. The number of ether oxygens (including phenoxy) is 1. The highest BCUT2D eigenvalue weighted by Crippen LogP contribution is 2.42. The molecule has 0 aliphatic carbocycles. The van der Waals surface area contributed by atoms with Crippen LogP contribution in [0.1, 0.15) is 54.4 Å². The van der Waals surface area contributed by atoms with Gasteiger partial charge in [-0.1, -0.05) is 41.5 Å². The number of carbonyl (C=O) groups excluding carboxylic acids is 1. The van der Waals surface area contributed by atoms with E-state index in [0.29, 0.717) is 29.7 Å². The molecule has 0 aromatic heterocycles. The Morgan fingerprint density at radius 1 is 1.20 bits per heavy atom. The van der Waals surface area contributed by atoms with Crippen LogP contribution in [0.5, 0.6) is 0 Å². The molecule has 20 heavy (non-hydrogen) atoms. The maximum absolute atomic E-state index is 11.4. The van der Waals surface area contributed by atoms with Crippen LogP contribution in [0.3, 0.4) is 0 Å². The van der Waals surface area contributed by atoms with Gasteiger partial charge >= 0.3 is 5.97 Å². The number of aliphatic hydroxyl groups excluding tert-OH is 1. The van der Waals surface area contributed by atoms with Gasteiger partial charge in [0, 0.05) is 6.42 Å². The molecule has 0 unspecified atom stereocenters. The fourth-order valence-electron chi connectivity index (χ4n) is 3.70. The van der Waals surface area contributed by atoms with Gasteiger partial charge in [-0.3, -0.25) is 4.79 Å². The van der Waals surface area contributed by atoms with Crippen molar-refractivity contribution in [2.24, 2.45) is 0 Å². The van der Waals surface area contributed by atoms with E-state index in [4.69, 9.17) is 9.16 Å². The molecule has 1 saturated heterocycles. The Morgan fingerprint density at radius 2 is 1.70 bits per heavy atom. The Kier molecular flexibility index (Phi) is 6.22. The largest absolute Gasteiger partial charge is 0.460 e. The van der Waals surface area contributed by atoms with Gasteiger partial charge in [-0.05, 0) is 16.6 Å². The average Bonchev–Trinajstić information content (AvgIpc) is 2.26. The smallest absolute Gasteiger partial charge is 0.308 e. The molecular formula is C15H30O4Si. The van der Waals surface area contributed by atoms with Crippen molar-refractivity contribution in [2.75, 3.05) is 6.61 Å². The topological polar surface area (TPSA) is 55.8 Å². The molecule has 0 spiro atoms. The maximum Gasteiger partial charge on any atom is 0.308 e. The Balaban J connectivity index is 2.74. The summed E-state index contributed by atoms with van der Waals surface area (Å²) in [6.45, 7) is 13.8. The molecule has 1 N–H and O–H groups in total. The first-order valence-electron chi connectivity index (χ1n) is 7.71. The summed E-state index contributed by atoms with van der Waals surface area (Å²) in [7, 11) is -1.93. The average molecular weight is 302 g/mol.